The summed E-state index contributed by atoms with van der Waals surface area (Å²) in [6, 6.07) is 4.94. The Labute approximate surface area is 119 Å². The highest BCUT2D eigenvalue weighted by molar-refractivity contribution is 8.00. The van der Waals surface area contributed by atoms with Crippen molar-refractivity contribution >= 4 is 40.6 Å². The Hall–Kier alpha value is -1.66. The summed E-state index contributed by atoms with van der Waals surface area (Å²) in [6.07, 6.45) is 3.00. The van der Waals surface area contributed by atoms with Crippen LogP contribution in [0.3, 0.4) is 0 Å². The number of nitrogens with zero attached hydrogens (tertiary/aromatic N) is 1. The summed E-state index contributed by atoms with van der Waals surface area (Å²) < 4.78 is 5.07. The number of nitrogens with one attached hydrogen (secondary N) is 1. The Kier molecular flexibility index (Phi) is 4.34. The fraction of sp³-hybridized carbons (Fsp3) is 0.167. The summed E-state index contributed by atoms with van der Waals surface area (Å²) in [7, 11) is 0. The number of carbonyl (C=O) groups excluding carboxylic acids is 1. The molecule has 2 rings (SSSR count). The molecule has 0 saturated carbocycles. The molecule has 1 amide bonds. The van der Waals surface area contributed by atoms with Gasteiger partial charge in [0.25, 0.3) is 5.22 Å². The van der Waals surface area contributed by atoms with Crippen molar-refractivity contribution in [2.24, 2.45) is 0 Å². The number of hydrogen-bond donors (Lipinski definition) is 2. The average molecular weight is 298 g/mol. The minimum absolute atomic E-state index is 0.162. The lowest BCUT2D eigenvalue weighted by Crippen LogP contribution is -2.22. The van der Waals surface area contributed by atoms with Crippen molar-refractivity contribution in [2.75, 3.05) is 11.1 Å². The molecule has 2 aromatic rings. The fourth-order valence-electron chi connectivity index (χ4n) is 1.34. The van der Waals surface area contributed by atoms with Crippen LogP contribution in [0.2, 0.25) is 5.02 Å². The molecule has 0 fully saturated rings. The van der Waals surface area contributed by atoms with E-state index in [4.69, 9.17) is 21.8 Å². The lowest BCUT2D eigenvalue weighted by molar-refractivity contribution is -0.115. The Morgan fingerprint density at radius 1 is 1.58 bits per heavy atom. The standard InChI is InChI=1S/C12H12ClN3O2S/c1-7(19-12-15-4-5-18-12)11(17)16-8-2-3-9(13)10(14)6-8/h2-7H,14H2,1H3,(H,16,17). The van der Waals surface area contributed by atoms with E-state index < -0.39 is 0 Å². The summed E-state index contributed by atoms with van der Waals surface area (Å²) >= 11 is 7.05. The maximum absolute atomic E-state index is 12.0. The zero-order valence-corrected chi connectivity index (χ0v) is 11.7. The van der Waals surface area contributed by atoms with E-state index in [9.17, 15) is 4.79 Å². The molecule has 0 aliphatic heterocycles. The van der Waals surface area contributed by atoms with Gasteiger partial charge in [0.2, 0.25) is 5.91 Å². The van der Waals surface area contributed by atoms with Crippen LogP contribution in [0, 0.1) is 0 Å². The van der Waals surface area contributed by atoms with Crippen LogP contribution in [0.5, 0.6) is 0 Å². The molecule has 0 aliphatic rings. The average Bonchev–Trinajstić information content (AvgIpc) is 2.86. The second-order valence-corrected chi connectivity index (χ2v) is 5.48. The van der Waals surface area contributed by atoms with Gasteiger partial charge in [-0.25, -0.2) is 4.98 Å². The molecule has 1 aromatic heterocycles. The zero-order chi connectivity index (χ0) is 13.8. The van der Waals surface area contributed by atoms with Crippen molar-refractivity contribution in [3.63, 3.8) is 0 Å². The van der Waals surface area contributed by atoms with Crippen LogP contribution >= 0.6 is 23.4 Å². The van der Waals surface area contributed by atoms with Crippen LogP contribution in [-0.4, -0.2) is 16.1 Å². The van der Waals surface area contributed by atoms with Crippen molar-refractivity contribution in [1.29, 1.82) is 0 Å². The highest BCUT2D eigenvalue weighted by Gasteiger charge is 2.17. The first kappa shape index (κ1) is 13.8. The molecule has 100 valence electrons. The minimum atomic E-state index is -0.337. The summed E-state index contributed by atoms with van der Waals surface area (Å²) in [6.45, 7) is 1.77. The van der Waals surface area contributed by atoms with E-state index in [1.165, 1.54) is 24.2 Å². The van der Waals surface area contributed by atoms with Crippen LogP contribution in [-0.2, 0) is 4.79 Å². The second kappa shape index (κ2) is 5.99. The molecule has 3 N–H and O–H groups in total. The van der Waals surface area contributed by atoms with Crippen LogP contribution < -0.4 is 11.1 Å². The quantitative estimate of drug-likeness (QED) is 0.669. The highest BCUT2D eigenvalue weighted by Crippen LogP contribution is 2.25. The molecule has 1 heterocycles. The van der Waals surface area contributed by atoms with E-state index in [0.717, 1.165) is 0 Å². The fourth-order valence-corrected chi connectivity index (χ4v) is 2.16. The van der Waals surface area contributed by atoms with Gasteiger partial charge in [-0.1, -0.05) is 23.4 Å². The molecule has 0 radical (unpaired) electrons. The van der Waals surface area contributed by atoms with E-state index >= 15 is 0 Å². The van der Waals surface area contributed by atoms with E-state index in [0.29, 0.717) is 21.6 Å². The summed E-state index contributed by atoms with van der Waals surface area (Å²) in [5, 5.41) is 3.33. The Bertz CT molecular complexity index is 574. The largest absolute Gasteiger partial charge is 0.440 e. The van der Waals surface area contributed by atoms with Crippen molar-refractivity contribution in [3.8, 4) is 0 Å². The van der Waals surface area contributed by atoms with Crippen LogP contribution in [0.15, 0.2) is 40.3 Å². The van der Waals surface area contributed by atoms with E-state index in [1.807, 2.05) is 0 Å². The van der Waals surface area contributed by atoms with Crippen molar-refractivity contribution in [2.45, 2.75) is 17.4 Å². The van der Waals surface area contributed by atoms with Gasteiger partial charge < -0.3 is 15.5 Å². The van der Waals surface area contributed by atoms with E-state index in [2.05, 4.69) is 10.3 Å². The van der Waals surface area contributed by atoms with Gasteiger partial charge >= 0.3 is 0 Å². The van der Waals surface area contributed by atoms with Crippen LogP contribution in [0.1, 0.15) is 6.92 Å². The number of halogens is 1. The number of anilines is 2. The highest BCUT2D eigenvalue weighted by atomic mass is 35.5. The number of oxazole rings is 1. The summed E-state index contributed by atoms with van der Waals surface area (Å²) in [4.78, 5) is 15.9. The molecule has 1 unspecified atom stereocenters. The third-order valence-electron chi connectivity index (χ3n) is 2.32. The minimum Gasteiger partial charge on any atom is -0.440 e. The number of benzene rings is 1. The molecule has 0 saturated heterocycles. The molecular weight excluding hydrogens is 286 g/mol. The van der Waals surface area contributed by atoms with Gasteiger partial charge in [0.15, 0.2) is 0 Å². The molecule has 7 heteroatoms. The van der Waals surface area contributed by atoms with Gasteiger partial charge in [0, 0.05) is 5.69 Å². The zero-order valence-electron chi connectivity index (χ0n) is 10.1. The molecule has 0 bridgehead atoms. The molecule has 1 atom stereocenters. The number of carbonyl (C=O) groups is 1. The number of nitrogen functional groups attached to an aromatic ring is 1. The number of hydrogen-bond acceptors (Lipinski definition) is 5. The maximum Gasteiger partial charge on any atom is 0.256 e. The second-order valence-electron chi connectivity index (χ2n) is 3.78. The van der Waals surface area contributed by atoms with E-state index in [-0.39, 0.29) is 11.2 Å². The topological polar surface area (TPSA) is 81.2 Å². The van der Waals surface area contributed by atoms with Gasteiger partial charge in [-0.3, -0.25) is 4.79 Å². The molecule has 0 spiro atoms. The summed E-state index contributed by atoms with van der Waals surface area (Å²) in [5.74, 6) is -0.162. The molecule has 5 nitrogen and oxygen atoms in total. The van der Waals surface area contributed by atoms with Crippen molar-refractivity contribution in [3.05, 3.63) is 35.7 Å². The third kappa shape index (κ3) is 3.65. The Balaban J connectivity index is 1.98. The smallest absolute Gasteiger partial charge is 0.256 e. The van der Waals surface area contributed by atoms with Crippen LogP contribution in [0.4, 0.5) is 11.4 Å². The van der Waals surface area contributed by atoms with Gasteiger partial charge in [0.05, 0.1) is 22.2 Å². The first-order valence-corrected chi connectivity index (χ1v) is 6.74. The number of thioether (sulfide) groups is 1. The Morgan fingerprint density at radius 3 is 3.00 bits per heavy atom. The van der Waals surface area contributed by atoms with Gasteiger partial charge in [0.1, 0.15) is 6.26 Å². The van der Waals surface area contributed by atoms with E-state index in [1.54, 1.807) is 25.1 Å². The Morgan fingerprint density at radius 2 is 2.37 bits per heavy atom. The molecule has 1 aromatic carbocycles. The molecule has 19 heavy (non-hydrogen) atoms. The van der Waals surface area contributed by atoms with Crippen molar-refractivity contribution < 1.29 is 9.21 Å². The maximum atomic E-state index is 12.0. The predicted octanol–water partition coefficient (Wildman–Crippen LogP) is 3.03. The third-order valence-corrected chi connectivity index (χ3v) is 3.64. The predicted molar refractivity (Wildman–Crippen MR) is 76.3 cm³/mol. The monoisotopic (exact) mass is 297 g/mol. The normalized spacial score (nSPS) is 12.1. The number of amides is 1. The molecule has 0 aliphatic carbocycles. The lowest BCUT2D eigenvalue weighted by Gasteiger charge is -2.10. The number of aromatic nitrogens is 1. The number of nitrogens with two attached hydrogens (primary N) is 1. The first-order valence-electron chi connectivity index (χ1n) is 5.48. The van der Waals surface area contributed by atoms with Gasteiger partial charge in [-0.05, 0) is 25.1 Å². The SMILES string of the molecule is CC(Sc1ncco1)C(=O)Nc1ccc(Cl)c(N)c1. The molecular formula is C12H12ClN3O2S. The van der Waals surface area contributed by atoms with Gasteiger partial charge in [-0.2, -0.15) is 0 Å². The number of rotatable bonds is 4. The van der Waals surface area contributed by atoms with Crippen LogP contribution in [0.25, 0.3) is 0 Å². The van der Waals surface area contributed by atoms with Gasteiger partial charge in [-0.15, -0.1) is 0 Å². The lowest BCUT2D eigenvalue weighted by atomic mass is 10.2. The van der Waals surface area contributed by atoms with Crippen molar-refractivity contribution in [1.82, 2.24) is 4.98 Å². The first-order chi connectivity index (χ1) is 9.06. The summed E-state index contributed by atoms with van der Waals surface area (Å²) in [5.41, 5.74) is 6.70.